The van der Waals surface area contributed by atoms with Crippen LogP contribution in [0.4, 0.5) is 0 Å². The first-order chi connectivity index (χ1) is 8.60. The molecule has 0 amide bonds. The molecule has 6 heteroatoms. The lowest BCUT2D eigenvalue weighted by atomic mass is 10.3. The van der Waals surface area contributed by atoms with Crippen molar-refractivity contribution in [1.82, 2.24) is 15.0 Å². The predicted molar refractivity (Wildman–Crippen MR) is 70.3 cm³/mol. The summed E-state index contributed by atoms with van der Waals surface area (Å²) in [5.41, 5.74) is 2.33. The van der Waals surface area contributed by atoms with Gasteiger partial charge < -0.3 is 0 Å². The highest BCUT2D eigenvalue weighted by atomic mass is 35.5. The zero-order valence-corrected chi connectivity index (χ0v) is 11.4. The molecule has 0 saturated heterocycles. The number of rotatable bonds is 3. The first kappa shape index (κ1) is 13.0. The van der Waals surface area contributed by atoms with Crippen molar-refractivity contribution in [3.05, 3.63) is 40.4 Å². The molecule has 0 fully saturated rings. The summed E-state index contributed by atoms with van der Waals surface area (Å²) >= 11 is 7.15. The maximum Gasteiger partial charge on any atom is 0.155 e. The molecule has 92 valence electrons. The molecule has 2 heterocycles. The van der Waals surface area contributed by atoms with Crippen molar-refractivity contribution >= 4 is 29.6 Å². The van der Waals surface area contributed by atoms with E-state index in [-0.39, 0.29) is 5.15 Å². The fourth-order valence-corrected chi connectivity index (χ4v) is 2.72. The van der Waals surface area contributed by atoms with E-state index in [9.17, 15) is 4.79 Å². The maximum atomic E-state index is 11.0. The van der Waals surface area contributed by atoms with E-state index in [0.29, 0.717) is 16.9 Å². The van der Waals surface area contributed by atoms with E-state index in [2.05, 4.69) is 15.0 Å². The number of carbonyl (C=O) groups is 1. The summed E-state index contributed by atoms with van der Waals surface area (Å²) in [6.45, 7) is 3.91. The lowest BCUT2D eigenvalue weighted by Gasteiger charge is -2.05. The molecule has 4 nitrogen and oxygen atoms in total. The summed E-state index contributed by atoms with van der Waals surface area (Å²) in [7, 11) is 0. The average molecular weight is 280 g/mol. The third-order valence-electron chi connectivity index (χ3n) is 2.19. The third kappa shape index (κ3) is 2.86. The lowest BCUT2D eigenvalue weighted by molar-refractivity contribution is 0.112. The van der Waals surface area contributed by atoms with Crippen LogP contribution in [0.15, 0.2) is 28.5 Å². The number of aromatic nitrogens is 3. The van der Waals surface area contributed by atoms with Gasteiger partial charge in [0.1, 0.15) is 21.5 Å². The predicted octanol–water partition coefficient (Wildman–Crippen LogP) is 3.11. The van der Waals surface area contributed by atoms with Crippen LogP contribution in [0.1, 0.15) is 21.6 Å². The fourth-order valence-electron chi connectivity index (χ4n) is 1.50. The van der Waals surface area contributed by atoms with Gasteiger partial charge in [0, 0.05) is 5.69 Å². The second-order valence-corrected chi connectivity index (χ2v) is 5.09. The number of nitrogens with zero attached hydrogens (tertiary/aromatic N) is 3. The van der Waals surface area contributed by atoms with E-state index in [1.165, 1.54) is 18.1 Å². The second kappa shape index (κ2) is 5.46. The summed E-state index contributed by atoms with van der Waals surface area (Å²) in [5, 5.41) is 1.46. The topological polar surface area (TPSA) is 55.7 Å². The fraction of sp³-hybridized carbons (Fsp3) is 0.167. The Morgan fingerprint density at radius 3 is 2.72 bits per heavy atom. The van der Waals surface area contributed by atoms with Gasteiger partial charge in [0.2, 0.25) is 0 Å². The van der Waals surface area contributed by atoms with Gasteiger partial charge in [0.05, 0.1) is 5.56 Å². The molecule has 0 radical (unpaired) electrons. The summed E-state index contributed by atoms with van der Waals surface area (Å²) in [4.78, 5) is 23.2. The van der Waals surface area contributed by atoms with Gasteiger partial charge >= 0.3 is 0 Å². The molecular weight excluding hydrogens is 270 g/mol. The van der Waals surface area contributed by atoms with Crippen LogP contribution < -0.4 is 0 Å². The molecule has 0 atom stereocenters. The standard InChI is InChI=1S/C12H10ClN3OS/c1-7-3-8(2)16-10(4-7)18-12-9(5-17)11(13)14-6-15-12/h3-6H,1-2H3. The molecule has 0 aromatic carbocycles. The van der Waals surface area contributed by atoms with Gasteiger partial charge in [-0.2, -0.15) is 0 Å². The van der Waals surface area contributed by atoms with Crippen LogP contribution >= 0.6 is 23.4 Å². The number of carbonyl (C=O) groups excluding carboxylic acids is 1. The summed E-state index contributed by atoms with van der Waals surface area (Å²) in [5.74, 6) is 0. The van der Waals surface area contributed by atoms with Crippen LogP contribution in [-0.2, 0) is 0 Å². The Morgan fingerprint density at radius 2 is 2.06 bits per heavy atom. The van der Waals surface area contributed by atoms with Crippen molar-refractivity contribution in [2.75, 3.05) is 0 Å². The zero-order chi connectivity index (χ0) is 13.1. The van der Waals surface area contributed by atoms with Crippen LogP contribution in [0.2, 0.25) is 5.15 Å². The molecule has 0 saturated carbocycles. The summed E-state index contributed by atoms with van der Waals surface area (Å²) < 4.78 is 0. The number of aryl methyl sites for hydroxylation is 2. The minimum absolute atomic E-state index is 0.159. The van der Waals surface area contributed by atoms with Crippen LogP contribution in [0.5, 0.6) is 0 Å². The summed E-state index contributed by atoms with van der Waals surface area (Å²) in [6, 6.07) is 3.92. The van der Waals surface area contributed by atoms with Crippen LogP contribution in [-0.4, -0.2) is 21.2 Å². The van der Waals surface area contributed by atoms with Gasteiger partial charge in [-0.3, -0.25) is 4.79 Å². The van der Waals surface area contributed by atoms with E-state index >= 15 is 0 Å². The molecule has 0 aliphatic heterocycles. The molecular formula is C12H10ClN3OS. The van der Waals surface area contributed by atoms with E-state index in [4.69, 9.17) is 11.6 Å². The Hall–Kier alpha value is -1.46. The highest BCUT2D eigenvalue weighted by Gasteiger charge is 2.11. The van der Waals surface area contributed by atoms with E-state index in [1.807, 2.05) is 26.0 Å². The minimum Gasteiger partial charge on any atom is -0.298 e. The van der Waals surface area contributed by atoms with E-state index in [0.717, 1.165) is 16.3 Å². The Bertz CT molecular complexity index is 584. The molecule has 18 heavy (non-hydrogen) atoms. The minimum atomic E-state index is 0.159. The normalized spacial score (nSPS) is 10.4. The molecule has 0 N–H and O–H groups in total. The van der Waals surface area contributed by atoms with Gasteiger partial charge in [-0.25, -0.2) is 15.0 Å². The van der Waals surface area contributed by atoms with Crippen molar-refractivity contribution in [2.45, 2.75) is 23.9 Å². The molecule has 0 spiro atoms. The Balaban J connectivity index is 2.39. The number of hydrogen-bond acceptors (Lipinski definition) is 5. The maximum absolute atomic E-state index is 11.0. The van der Waals surface area contributed by atoms with Crippen molar-refractivity contribution < 1.29 is 4.79 Å². The summed E-state index contributed by atoms with van der Waals surface area (Å²) in [6.07, 6.45) is 1.99. The van der Waals surface area contributed by atoms with Crippen LogP contribution in [0, 0.1) is 13.8 Å². The lowest BCUT2D eigenvalue weighted by Crippen LogP contribution is -1.95. The molecule has 2 rings (SSSR count). The second-order valence-electron chi connectivity index (χ2n) is 3.73. The average Bonchev–Trinajstić information content (AvgIpc) is 2.27. The highest BCUT2D eigenvalue weighted by Crippen LogP contribution is 2.29. The van der Waals surface area contributed by atoms with Crippen molar-refractivity contribution in [2.24, 2.45) is 0 Å². The van der Waals surface area contributed by atoms with Gasteiger partial charge in [0.25, 0.3) is 0 Å². The smallest absolute Gasteiger partial charge is 0.155 e. The molecule has 0 bridgehead atoms. The van der Waals surface area contributed by atoms with Crippen molar-refractivity contribution in [3.8, 4) is 0 Å². The number of halogens is 1. The SMILES string of the molecule is Cc1cc(C)nc(Sc2ncnc(Cl)c2C=O)c1. The van der Waals surface area contributed by atoms with Gasteiger partial charge in [0.15, 0.2) is 6.29 Å². The number of aldehydes is 1. The van der Waals surface area contributed by atoms with E-state index < -0.39 is 0 Å². The van der Waals surface area contributed by atoms with E-state index in [1.54, 1.807) is 0 Å². The Kier molecular flexibility index (Phi) is 3.93. The molecule has 0 unspecified atom stereocenters. The molecule has 0 aliphatic rings. The van der Waals surface area contributed by atoms with Gasteiger partial charge in [-0.15, -0.1) is 0 Å². The van der Waals surface area contributed by atoms with Crippen LogP contribution in [0.3, 0.4) is 0 Å². The highest BCUT2D eigenvalue weighted by molar-refractivity contribution is 7.99. The largest absolute Gasteiger partial charge is 0.298 e. The number of pyridine rings is 1. The molecule has 2 aromatic heterocycles. The monoisotopic (exact) mass is 279 g/mol. The molecule has 2 aromatic rings. The third-order valence-corrected chi connectivity index (χ3v) is 3.43. The van der Waals surface area contributed by atoms with Crippen molar-refractivity contribution in [1.29, 1.82) is 0 Å². The quantitative estimate of drug-likeness (QED) is 0.638. The molecule has 0 aliphatic carbocycles. The first-order valence-corrected chi connectivity index (χ1v) is 6.38. The van der Waals surface area contributed by atoms with Crippen LogP contribution in [0.25, 0.3) is 0 Å². The zero-order valence-electron chi connectivity index (χ0n) is 9.85. The van der Waals surface area contributed by atoms with Crippen molar-refractivity contribution in [3.63, 3.8) is 0 Å². The number of hydrogen-bond donors (Lipinski definition) is 0. The Morgan fingerprint density at radius 1 is 1.28 bits per heavy atom. The van der Waals surface area contributed by atoms with Gasteiger partial charge in [-0.05, 0) is 43.3 Å². The van der Waals surface area contributed by atoms with Gasteiger partial charge in [-0.1, -0.05) is 11.6 Å². The first-order valence-electron chi connectivity index (χ1n) is 5.19. The Labute approximate surface area is 114 Å².